The molecule has 2 aromatic rings. The van der Waals surface area contributed by atoms with Crippen LogP contribution in [0.2, 0.25) is 0 Å². The number of H-pyrrole nitrogens is 1. The van der Waals surface area contributed by atoms with E-state index in [2.05, 4.69) is 15.5 Å². The van der Waals surface area contributed by atoms with E-state index in [0.717, 1.165) is 18.4 Å². The number of rotatable bonds is 6. The maximum Gasteiger partial charge on any atom is 0.269 e. The number of nitrogens with one attached hydrogen (secondary N) is 2. The highest BCUT2D eigenvalue weighted by Crippen LogP contribution is 2.34. The molecule has 0 saturated heterocycles. The van der Waals surface area contributed by atoms with E-state index in [1.807, 2.05) is 0 Å². The van der Waals surface area contributed by atoms with Crippen molar-refractivity contribution in [2.75, 3.05) is 6.61 Å². The summed E-state index contributed by atoms with van der Waals surface area (Å²) >= 11 is 0. The van der Waals surface area contributed by atoms with Gasteiger partial charge in [-0.25, -0.2) is 4.39 Å². The lowest BCUT2D eigenvalue weighted by molar-refractivity contribution is 0.0919. The Morgan fingerprint density at radius 1 is 1.41 bits per heavy atom. The second-order valence-electron chi connectivity index (χ2n) is 5.60. The van der Waals surface area contributed by atoms with Gasteiger partial charge in [0, 0.05) is 18.2 Å². The summed E-state index contributed by atoms with van der Waals surface area (Å²) in [5.74, 6) is -0.0738. The number of nitrogens with zero attached hydrogens (tertiary/aromatic N) is 1. The summed E-state index contributed by atoms with van der Waals surface area (Å²) in [5.41, 5.74) is 1.70. The highest BCUT2D eigenvalue weighted by Gasteiger charge is 2.32. The van der Waals surface area contributed by atoms with Crippen molar-refractivity contribution in [2.24, 2.45) is 5.92 Å². The van der Waals surface area contributed by atoms with E-state index in [9.17, 15) is 9.18 Å². The number of halogens is 1. The summed E-state index contributed by atoms with van der Waals surface area (Å²) in [7, 11) is 0. The summed E-state index contributed by atoms with van der Waals surface area (Å²) < 4.78 is 12.9. The molecule has 1 unspecified atom stereocenters. The maximum absolute atomic E-state index is 12.9. The Hall–Kier alpha value is -2.21. The Kier molecular flexibility index (Phi) is 4.20. The van der Waals surface area contributed by atoms with Gasteiger partial charge in [0.05, 0.1) is 5.69 Å². The van der Waals surface area contributed by atoms with Crippen molar-refractivity contribution in [3.05, 3.63) is 41.8 Å². The summed E-state index contributed by atoms with van der Waals surface area (Å²) in [5, 5.41) is 18.8. The minimum absolute atomic E-state index is 0.00933. The van der Waals surface area contributed by atoms with Gasteiger partial charge in [-0.3, -0.25) is 9.89 Å². The van der Waals surface area contributed by atoms with Crippen LogP contribution in [0.25, 0.3) is 11.3 Å². The fourth-order valence-corrected chi connectivity index (χ4v) is 2.52. The van der Waals surface area contributed by atoms with Crippen molar-refractivity contribution in [3.8, 4) is 11.3 Å². The first-order chi connectivity index (χ1) is 10.7. The zero-order chi connectivity index (χ0) is 15.5. The lowest BCUT2D eigenvalue weighted by Gasteiger charge is -2.16. The monoisotopic (exact) mass is 303 g/mol. The van der Waals surface area contributed by atoms with Gasteiger partial charge in [0.2, 0.25) is 0 Å². The van der Waals surface area contributed by atoms with Crippen molar-refractivity contribution in [2.45, 2.75) is 25.3 Å². The molecule has 116 valence electrons. The van der Waals surface area contributed by atoms with Crippen molar-refractivity contribution < 1.29 is 14.3 Å². The first-order valence-electron chi connectivity index (χ1n) is 7.40. The Morgan fingerprint density at radius 2 is 2.14 bits per heavy atom. The molecule has 1 saturated carbocycles. The summed E-state index contributed by atoms with van der Waals surface area (Å²) in [6.45, 7) is 0.0608. The molecule has 5 nitrogen and oxygen atoms in total. The van der Waals surface area contributed by atoms with Gasteiger partial charge in [-0.2, -0.15) is 5.10 Å². The van der Waals surface area contributed by atoms with Crippen LogP contribution in [0.5, 0.6) is 0 Å². The van der Waals surface area contributed by atoms with E-state index in [4.69, 9.17) is 5.11 Å². The third-order valence-corrected chi connectivity index (χ3v) is 3.91. The zero-order valence-corrected chi connectivity index (χ0v) is 12.1. The quantitative estimate of drug-likeness (QED) is 0.765. The maximum atomic E-state index is 12.9. The van der Waals surface area contributed by atoms with Crippen molar-refractivity contribution in [3.63, 3.8) is 0 Å². The van der Waals surface area contributed by atoms with Gasteiger partial charge in [-0.1, -0.05) is 0 Å². The lowest BCUT2D eigenvalue weighted by atomic mass is 10.1. The molecule has 0 radical (unpaired) electrons. The average molecular weight is 303 g/mol. The van der Waals surface area contributed by atoms with Crippen LogP contribution in [0.1, 0.15) is 29.8 Å². The summed E-state index contributed by atoms with van der Waals surface area (Å²) in [6, 6.07) is 7.60. The zero-order valence-electron chi connectivity index (χ0n) is 12.1. The molecule has 0 aliphatic heterocycles. The lowest BCUT2D eigenvalue weighted by Crippen LogP contribution is -2.37. The molecule has 0 bridgehead atoms. The molecule has 3 rings (SSSR count). The molecule has 1 aromatic heterocycles. The topological polar surface area (TPSA) is 78.0 Å². The van der Waals surface area contributed by atoms with E-state index < -0.39 is 0 Å². The smallest absolute Gasteiger partial charge is 0.269 e. The van der Waals surface area contributed by atoms with E-state index in [1.54, 1.807) is 18.2 Å². The first-order valence-corrected chi connectivity index (χ1v) is 7.40. The Balaban J connectivity index is 1.69. The fraction of sp³-hybridized carbons (Fsp3) is 0.375. The molecule has 1 aliphatic rings. The molecule has 1 aliphatic carbocycles. The number of amides is 1. The summed E-state index contributed by atoms with van der Waals surface area (Å²) in [6.07, 6.45) is 2.75. The van der Waals surface area contributed by atoms with Gasteiger partial charge in [0.25, 0.3) is 5.91 Å². The molecule has 1 heterocycles. The fourth-order valence-electron chi connectivity index (χ4n) is 2.52. The first kappa shape index (κ1) is 14.7. The van der Waals surface area contributed by atoms with Crippen LogP contribution in [-0.4, -0.2) is 33.9 Å². The highest BCUT2D eigenvalue weighted by atomic mass is 19.1. The SMILES string of the molecule is O=C(NC(CCO)C1CC1)c1cc(-c2ccc(F)cc2)n[nH]1. The number of aliphatic hydroxyl groups excluding tert-OH is 1. The van der Waals surface area contributed by atoms with Crippen LogP contribution >= 0.6 is 0 Å². The second-order valence-corrected chi connectivity index (χ2v) is 5.60. The minimum Gasteiger partial charge on any atom is -0.396 e. The van der Waals surface area contributed by atoms with Crippen LogP contribution in [0.15, 0.2) is 30.3 Å². The van der Waals surface area contributed by atoms with Gasteiger partial charge in [-0.15, -0.1) is 0 Å². The number of aromatic amines is 1. The molecule has 22 heavy (non-hydrogen) atoms. The molecule has 1 aromatic carbocycles. The van der Waals surface area contributed by atoms with Gasteiger partial charge >= 0.3 is 0 Å². The second kappa shape index (κ2) is 6.27. The van der Waals surface area contributed by atoms with Gasteiger partial charge in [0.15, 0.2) is 0 Å². The van der Waals surface area contributed by atoms with Crippen LogP contribution in [0, 0.1) is 11.7 Å². The van der Waals surface area contributed by atoms with Gasteiger partial charge in [-0.05, 0) is 55.5 Å². The standard InChI is InChI=1S/C16H18FN3O2/c17-12-5-3-11(4-6-12)14-9-15(20-19-14)16(22)18-13(7-8-21)10-1-2-10/h3-6,9-10,13,21H,1-2,7-8H2,(H,18,22)(H,19,20). The molecule has 3 N–H and O–H groups in total. The van der Waals surface area contributed by atoms with E-state index >= 15 is 0 Å². The predicted molar refractivity (Wildman–Crippen MR) is 79.7 cm³/mol. The van der Waals surface area contributed by atoms with Crippen molar-refractivity contribution >= 4 is 5.91 Å². The molecule has 6 heteroatoms. The van der Waals surface area contributed by atoms with Crippen LogP contribution in [-0.2, 0) is 0 Å². The Morgan fingerprint density at radius 3 is 2.77 bits per heavy atom. The molecule has 1 atom stereocenters. The van der Waals surface area contributed by atoms with Crippen LogP contribution in [0.4, 0.5) is 4.39 Å². The van der Waals surface area contributed by atoms with Crippen molar-refractivity contribution in [1.82, 2.24) is 15.5 Å². The minimum atomic E-state index is -0.312. The highest BCUT2D eigenvalue weighted by molar-refractivity contribution is 5.93. The van der Waals surface area contributed by atoms with E-state index in [-0.39, 0.29) is 24.4 Å². The molecule has 1 amide bonds. The van der Waals surface area contributed by atoms with Crippen LogP contribution < -0.4 is 5.32 Å². The Bertz CT molecular complexity index is 650. The molecule has 0 spiro atoms. The largest absolute Gasteiger partial charge is 0.396 e. The predicted octanol–water partition coefficient (Wildman–Crippen LogP) is 2.11. The van der Waals surface area contributed by atoms with Gasteiger partial charge < -0.3 is 10.4 Å². The molecular formula is C16H18FN3O2. The Labute approximate surface area is 127 Å². The average Bonchev–Trinajstić information content (AvgIpc) is 3.24. The number of carbonyl (C=O) groups excluding carboxylic acids is 1. The molecule has 1 fully saturated rings. The van der Waals surface area contributed by atoms with Crippen molar-refractivity contribution in [1.29, 1.82) is 0 Å². The number of aliphatic hydroxyl groups is 1. The number of carbonyl (C=O) groups is 1. The van der Waals surface area contributed by atoms with Gasteiger partial charge in [0.1, 0.15) is 11.5 Å². The normalized spacial score (nSPS) is 15.5. The number of hydrogen-bond acceptors (Lipinski definition) is 3. The molecular weight excluding hydrogens is 285 g/mol. The summed E-state index contributed by atoms with van der Waals surface area (Å²) in [4.78, 5) is 12.2. The third kappa shape index (κ3) is 3.33. The number of hydrogen-bond donors (Lipinski definition) is 3. The van der Waals surface area contributed by atoms with Crippen LogP contribution in [0.3, 0.4) is 0 Å². The third-order valence-electron chi connectivity index (χ3n) is 3.91. The van der Waals surface area contributed by atoms with E-state index in [1.165, 1.54) is 12.1 Å². The number of aromatic nitrogens is 2. The number of benzene rings is 1. The van der Waals surface area contributed by atoms with E-state index in [0.29, 0.717) is 23.7 Å².